The van der Waals surface area contributed by atoms with Gasteiger partial charge in [0.25, 0.3) is 5.91 Å². The first kappa shape index (κ1) is 22.8. The highest BCUT2D eigenvalue weighted by atomic mass is 16.5. The molecule has 0 saturated heterocycles. The molecule has 34 heavy (non-hydrogen) atoms. The number of amides is 1. The number of nitrogens with zero attached hydrogens (tertiary/aromatic N) is 2. The second-order valence-electron chi connectivity index (χ2n) is 7.37. The van der Waals surface area contributed by atoms with E-state index in [1.807, 2.05) is 55.5 Å². The van der Waals surface area contributed by atoms with Gasteiger partial charge in [-0.15, -0.1) is 0 Å². The zero-order valence-corrected chi connectivity index (χ0v) is 19.1. The van der Waals surface area contributed by atoms with E-state index in [0.717, 1.165) is 16.9 Å². The van der Waals surface area contributed by atoms with E-state index in [2.05, 4.69) is 4.99 Å². The number of carbonyl (C=O) groups is 2. The highest BCUT2D eigenvalue weighted by Gasteiger charge is 2.32. The number of rotatable bonds is 7. The summed E-state index contributed by atoms with van der Waals surface area (Å²) in [5.74, 6) is 1.27. The normalized spacial score (nSPS) is 14.2. The van der Waals surface area contributed by atoms with Crippen LogP contribution in [0.25, 0.3) is 6.08 Å². The Morgan fingerprint density at radius 1 is 0.912 bits per heavy atom. The monoisotopic (exact) mass is 456 g/mol. The lowest BCUT2D eigenvalue weighted by molar-refractivity contribution is -0.113. The van der Waals surface area contributed by atoms with E-state index in [-0.39, 0.29) is 11.6 Å². The SMILES string of the molecule is CCOc1ccc(N2C(=O)/C(=C\c3ccc(C(=O)OC)cc3)N=C2c2ccc(OC)cc2)cc1. The van der Waals surface area contributed by atoms with Crippen molar-refractivity contribution in [2.24, 2.45) is 4.99 Å². The van der Waals surface area contributed by atoms with Crippen molar-refractivity contribution in [3.05, 3.63) is 95.2 Å². The predicted octanol–water partition coefficient (Wildman–Crippen LogP) is 4.72. The van der Waals surface area contributed by atoms with Crippen LogP contribution in [0.2, 0.25) is 0 Å². The summed E-state index contributed by atoms with van der Waals surface area (Å²) in [6.45, 7) is 2.48. The molecule has 0 unspecified atom stereocenters. The van der Waals surface area contributed by atoms with Gasteiger partial charge in [-0.2, -0.15) is 0 Å². The van der Waals surface area contributed by atoms with Gasteiger partial charge in [0.15, 0.2) is 0 Å². The minimum atomic E-state index is -0.419. The molecule has 0 aromatic heterocycles. The summed E-state index contributed by atoms with van der Waals surface area (Å²) in [5, 5.41) is 0. The number of amidine groups is 1. The first-order valence-electron chi connectivity index (χ1n) is 10.7. The van der Waals surface area contributed by atoms with E-state index >= 15 is 0 Å². The number of carbonyl (C=O) groups excluding carboxylic acids is 2. The summed E-state index contributed by atoms with van der Waals surface area (Å²) in [6.07, 6.45) is 1.70. The minimum absolute atomic E-state index is 0.257. The first-order valence-corrected chi connectivity index (χ1v) is 10.7. The van der Waals surface area contributed by atoms with Crippen molar-refractivity contribution in [2.75, 3.05) is 25.7 Å². The third-order valence-corrected chi connectivity index (χ3v) is 5.25. The van der Waals surface area contributed by atoms with Crippen LogP contribution in [0.3, 0.4) is 0 Å². The lowest BCUT2D eigenvalue weighted by Crippen LogP contribution is -2.32. The fraction of sp³-hybridized carbons (Fsp3) is 0.148. The van der Waals surface area contributed by atoms with Gasteiger partial charge in [-0.05, 0) is 79.2 Å². The Balaban J connectivity index is 1.73. The summed E-state index contributed by atoms with van der Waals surface area (Å²) in [5.41, 5.74) is 2.90. The number of methoxy groups -OCH3 is 2. The predicted molar refractivity (Wildman–Crippen MR) is 130 cm³/mol. The van der Waals surface area contributed by atoms with Crippen LogP contribution in [0.5, 0.6) is 11.5 Å². The van der Waals surface area contributed by atoms with Crippen LogP contribution in [0.15, 0.2) is 83.5 Å². The lowest BCUT2D eigenvalue weighted by atomic mass is 10.1. The van der Waals surface area contributed by atoms with E-state index in [4.69, 9.17) is 14.2 Å². The molecule has 1 heterocycles. The van der Waals surface area contributed by atoms with Crippen LogP contribution >= 0.6 is 0 Å². The second-order valence-corrected chi connectivity index (χ2v) is 7.37. The molecule has 0 aliphatic carbocycles. The van der Waals surface area contributed by atoms with Crippen molar-refractivity contribution < 1.29 is 23.8 Å². The zero-order valence-electron chi connectivity index (χ0n) is 19.1. The molecule has 0 radical (unpaired) electrons. The van der Waals surface area contributed by atoms with Gasteiger partial charge in [0.2, 0.25) is 0 Å². The van der Waals surface area contributed by atoms with Crippen LogP contribution in [-0.2, 0) is 9.53 Å². The van der Waals surface area contributed by atoms with Gasteiger partial charge in [-0.25, -0.2) is 9.79 Å². The maximum atomic E-state index is 13.5. The zero-order chi connectivity index (χ0) is 24.1. The Hall–Kier alpha value is -4.39. The van der Waals surface area contributed by atoms with Crippen molar-refractivity contribution in [3.63, 3.8) is 0 Å². The van der Waals surface area contributed by atoms with Crippen molar-refractivity contribution in [3.8, 4) is 11.5 Å². The van der Waals surface area contributed by atoms with Gasteiger partial charge in [0, 0.05) is 5.56 Å². The van der Waals surface area contributed by atoms with Crippen LogP contribution < -0.4 is 14.4 Å². The number of hydrogen-bond acceptors (Lipinski definition) is 6. The molecule has 0 fully saturated rings. The smallest absolute Gasteiger partial charge is 0.337 e. The fourth-order valence-electron chi connectivity index (χ4n) is 3.54. The molecule has 1 amide bonds. The summed E-state index contributed by atoms with van der Waals surface area (Å²) < 4.78 is 15.5. The number of aliphatic imine (C=N–C) groups is 1. The molecule has 0 spiro atoms. The number of anilines is 1. The van der Waals surface area contributed by atoms with Gasteiger partial charge < -0.3 is 14.2 Å². The first-order chi connectivity index (χ1) is 16.5. The average Bonchev–Trinajstić information content (AvgIpc) is 3.20. The molecule has 4 rings (SSSR count). The van der Waals surface area contributed by atoms with Gasteiger partial charge in [-0.1, -0.05) is 12.1 Å². The summed E-state index contributed by atoms with van der Waals surface area (Å²) in [6, 6.07) is 21.5. The third kappa shape index (κ3) is 4.68. The Bertz CT molecular complexity index is 1240. The molecule has 1 aliphatic rings. The molecule has 7 nitrogen and oxygen atoms in total. The molecule has 3 aromatic rings. The quantitative estimate of drug-likeness (QED) is 0.380. The highest BCUT2D eigenvalue weighted by molar-refractivity contribution is 6.33. The van der Waals surface area contributed by atoms with Gasteiger partial charge in [0.1, 0.15) is 23.0 Å². The molecule has 0 atom stereocenters. The summed E-state index contributed by atoms with van der Waals surface area (Å²) >= 11 is 0. The van der Waals surface area contributed by atoms with Crippen LogP contribution in [0, 0.1) is 0 Å². The average molecular weight is 456 g/mol. The Labute approximate surface area is 197 Å². The van der Waals surface area contributed by atoms with Gasteiger partial charge in [0.05, 0.1) is 32.1 Å². The molecule has 172 valence electrons. The lowest BCUT2D eigenvalue weighted by Gasteiger charge is -2.19. The van der Waals surface area contributed by atoms with E-state index < -0.39 is 5.97 Å². The molecular formula is C27H24N2O5. The molecule has 0 N–H and O–H groups in total. The van der Waals surface area contributed by atoms with Gasteiger partial charge >= 0.3 is 5.97 Å². The number of hydrogen-bond donors (Lipinski definition) is 0. The molecule has 7 heteroatoms. The van der Waals surface area contributed by atoms with Crippen LogP contribution in [0.1, 0.15) is 28.4 Å². The fourth-order valence-corrected chi connectivity index (χ4v) is 3.54. The molecule has 3 aromatic carbocycles. The number of benzene rings is 3. The Kier molecular flexibility index (Phi) is 6.73. The summed E-state index contributed by atoms with van der Waals surface area (Å²) in [4.78, 5) is 31.4. The maximum Gasteiger partial charge on any atom is 0.337 e. The van der Waals surface area contributed by atoms with E-state index in [0.29, 0.717) is 29.4 Å². The maximum absolute atomic E-state index is 13.5. The second kappa shape index (κ2) is 10.0. The Morgan fingerprint density at radius 2 is 1.56 bits per heavy atom. The van der Waals surface area contributed by atoms with Crippen LogP contribution in [-0.4, -0.2) is 38.5 Å². The largest absolute Gasteiger partial charge is 0.497 e. The topological polar surface area (TPSA) is 77.4 Å². The third-order valence-electron chi connectivity index (χ3n) is 5.25. The minimum Gasteiger partial charge on any atom is -0.497 e. The van der Waals surface area contributed by atoms with Crippen molar-refractivity contribution in [1.29, 1.82) is 0 Å². The highest BCUT2D eigenvalue weighted by Crippen LogP contribution is 2.30. The van der Waals surface area contributed by atoms with E-state index in [1.165, 1.54) is 7.11 Å². The summed E-state index contributed by atoms with van der Waals surface area (Å²) in [7, 11) is 2.94. The Morgan fingerprint density at radius 3 is 2.15 bits per heavy atom. The standard InChI is InChI=1S/C27H24N2O5/c1-4-34-23-15-11-21(12-16-23)29-25(19-9-13-22(32-2)14-10-19)28-24(26(29)30)17-18-5-7-20(8-6-18)27(31)33-3/h5-17H,4H2,1-3H3/b24-17+. The van der Waals surface area contributed by atoms with Crippen molar-refractivity contribution >= 4 is 29.5 Å². The van der Waals surface area contributed by atoms with E-state index in [1.54, 1.807) is 42.4 Å². The molecule has 0 bridgehead atoms. The molecular weight excluding hydrogens is 432 g/mol. The van der Waals surface area contributed by atoms with Gasteiger partial charge in [-0.3, -0.25) is 9.69 Å². The van der Waals surface area contributed by atoms with Crippen LogP contribution in [0.4, 0.5) is 5.69 Å². The molecule has 1 aliphatic heterocycles. The molecule has 0 saturated carbocycles. The van der Waals surface area contributed by atoms with Crippen molar-refractivity contribution in [1.82, 2.24) is 0 Å². The number of ether oxygens (including phenoxy) is 3. The van der Waals surface area contributed by atoms with E-state index in [9.17, 15) is 9.59 Å². The van der Waals surface area contributed by atoms with Crippen molar-refractivity contribution in [2.45, 2.75) is 6.92 Å². The number of esters is 1.